The van der Waals surface area contributed by atoms with Crippen LogP contribution in [0.5, 0.6) is 5.75 Å². The summed E-state index contributed by atoms with van der Waals surface area (Å²) in [5.74, 6) is 1.00. The van der Waals surface area contributed by atoms with Gasteiger partial charge in [0.05, 0.1) is 22.3 Å². The molecular weight excluding hydrogens is 1020 g/mol. The minimum atomic E-state index is -3.37. The van der Waals surface area contributed by atoms with Gasteiger partial charge >= 0.3 is 0 Å². The molecule has 2 heterocycles. The van der Waals surface area contributed by atoms with Gasteiger partial charge in [-0.1, -0.05) is 207 Å². The first-order valence-corrected chi connectivity index (χ1v) is 23.8. The number of aromatic hydroxyl groups is 1. The SMILES string of the molecule is [2H]C([2H])([2H])C(c1ccc(-c2ccnc(-c3[c-]c(-c4cccc5c4nc(-c4cc(C(C)C)cc(C(C)C)c4O)n5-c4cc(C(C)(C)C)ccc4-c4ccc(C(C)(C)C)cc4)cc(C(C)(C)C)c3)c2)cc1)(C([2H])([2H])[2H])C([2H])([2H])[2H].[Pt]. The molecule has 0 bridgehead atoms. The van der Waals surface area contributed by atoms with E-state index >= 15 is 0 Å². The zero-order valence-electron chi connectivity index (χ0n) is 51.4. The van der Waals surface area contributed by atoms with Crippen LogP contribution >= 0.6 is 0 Å². The molecule has 0 unspecified atom stereocenters. The van der Waals surface area contributed by atoms with Crippen LogP contribution < -0.4 is 0 Å². The van der Waals surface area contributed by atoms with Crippen molar-refractivity contribution < 1.29 is 38.5 Å². The number of aromatic nitrogens is 3. The summed E-state index contributed by atoms with van der Waals surface area (Å²) >= 11 is 0. The first-order valence-electron chi connectivity index (χ1n) is 28.3. The third kappa shape index (κ3) is 10.5. The largest absolute Gasteiger partial charge is 0.507 e. The fourth-order valence-corrected chi connectivity index (χ4v) is 8.90. The third-order valence-corrected chi connectivity index (χ3v) is 13.3. The van der Waals surface area contributed by atoms with Crippen LogP contribution in [-0.4, -0.2) is 19.6 Å². The number of benzene rings is 6. The molecular formula is C64H72N3OPt-. The summed E-state index contributed by atoms with van der Waals surface area (Å²) in [5.41, 5.74) is 10.8. The van der Waals surface area contributed by atoms with Crippen molar-refractivity contribution in [3.05, 3.63) is 167 Å². The monoisotopic (exact) mass is 1100 g/mol. The number of nitrogens with zero attached hydrogens (tertiary/aromatic N) is 3. The van der Waals surface area contributed by atoms with E-state index in [-0.39, 0.29) is 60.5 Å². The van der Waals surface area contributed by atoms with Crippen LogP contribution in [0.3, 0.4) is 0 Å². The number of phenols is 1. The number of pyridine rings is 1. The molecule has 69 heavy (non-hydrogen) atoms. The second-order valence-corrected chi connectivity index (χ2v) is 22.3. The Kier molecular flexibility index (Phi) is 11.1. The van der Waals surface area contributed by atoms with E-state index in [0.717, 1.165) is 61.2 Å². The minimum Gasteiger partial charge on any atom is -0.507 e. The fourth-order valence-electron chi connectivity index (χ4n) is 8.90. The van der Waals surface area contributed by atoms with Crippen molar-refractivity contribution in [3.63, 3.8) is 0 Å². The summed E-state index contributed by atoms with van der Waals surface area (Å²) in [6, 6.07) is 43.3. The van der Waals surface area contributed by atoms with Crippen LogP contribution in [0.1, 0.15) is 168 Å². The Morgan fingerprint density at radius 2 is 1.14 bits per heavy atom. The normalized spacial score (nSPS) is 15.0. The van der Waals surface area contributed by atoms with Gasteiger partial charge in [0.25, 0.3) is 0 Å². The van der Waals surface area contributed by atoms with Crippen molar-refractivity contribution in [3.8, 4) is 67.5 Å². The molecule has 5 heteroatoms. The second kappa shape index (κ2) is 19.0. The van der Waals surface area contributed by atoms with Crippen molar-refractivity contribution in [2.75, 3.05) is 0 Å². The van der Waals surface area contributed by atoms with Crippen LogP contribution in [-0.2, 0) is 42.7 Å². The first kappa shape index (κ1) is 40.2. The van der Waals surface area contributed by atoms with Crippen molar-refractivity contribution in [2.45, 2.75) is 144 Å². The van der Waals surface area contributed by atoms with Crippen LogP contribution in [0.25, 0.3) is 72.7 Å². The predicted molar refractivity (Wildman–Crippen MR) is 290 cm³/mol. The van der Waals surface area contributed by atoms with E-state index in [4.69, 9.17) is 22.3 Å². The summed E-state index contributed by atoms with van der Waals surface area (Å²) in [6.07, 6.45) is 1.67. The van der Waals surface area contributed by atoms with E-state index in [1.165, 1.54) is 17.7 Å². The van der Waals surface area contributed by atoms with Crippen LogP contribution in [0, 0.1) is 6.07 Å². The fraction of sp³-hybridized carbons (Fsp3) is 0.344. The van der Waals surface area contributed by atoms with E-state index < -0.39 is 26.0 Å². The van der Waals surface area contributed by atoms with E-state index in [2.05, 4.69) is 180 Å². The zero-order valence-corrected chi connectivity index (χ0v) is 44.7. The molecule has 0 radical (unpaired) electrons. The van der Waals surface area contributed by atoms with E-state index in [9.17, 15) is 5.11 Å². The Bertz CT molecular complexity index is 3460. The summed E-state index contributed by atoms with van der Waals surface area (Å²) in [4.78, 5) is 10.5. The molecule has 2 aromatic heterocycles. The molecule has 0 aliphatic rings. The predicted octanol–water partition coefficient (Wildman–Crippen LogP) is 17.7. The molecule has 8 rings (SSSR count). The number of phenolic OH excluding ortho intramolecular Hbond substituents is 1. The molecule has 0 atom stereocenters. The number of fused-ring (bicyclic) bond motifs is 1. The van der Waals surface area contributed by atoms with Crippen LogP contribution in [0.15, 0.2) is 128 Å². The Morgan fingerprint density at radius 3 is 1.74 bits per heavy atom. The second-order valence-electron chi connectivity index (χ2n) is 22.3. The summed E-state index contributed by atoms with van der Waals surface area (Å²) in [5, 5.41) is 12.5. The molecule has 1 N–H and O–H groups in total. The molecule has 0 aliphatic heterocycles. The van der Waals surface area contributed by atoms with Crippen LogP contribution in [0.2, 0.25) is 0 Å². The molecule has 8 aromatic rings. The third-order valence-electron chi connectivity index (χ3n) is 13.3. The molecule has 0 fully saturated rings. The smallest absolute Gasteiger partial charge is 0.148 e. The average Bonchev–Trinajstić information content (AvgIpc) is 3.74. The molecule has 4 nitrogen and oxygen atoms in total. The topological polar surface area (TPSA) is 50.9 Å². The number of para-hydroxylation sites is 1. The maximum Gasteiger partial charge on any atom is 0.148 e. The Morgan fingerprint density at radius 1 is 0.551 bits per heavy atom. The molecule has 0 spiro atoms. The molecule has 0 aliphatic carbocycles. The van der Waals surface area contributed by atoms with Gasteiger partial charge in [0.2, 0.25) is 0 Å². The van der Waals surface area contributed by atoms with Gasteiger partial charge in [-0.3, -0.25) is 9.55 Å². The average molecular weight is 1100 g/mol. The molecule has 0 saturated carbocycles. The van der Waals surface area contributed by atoms with Gasteiger partial charge in [0.15, 0.2) is 0 Å². The minimum absolute atomic E-state index is 0. The van der Waals surface area contributed by atoms with Gasteiger partial charge in [0.1, 0.15) is 11.6 Å². The maximum atomic E-state index is 12.5. The standard InChI is InChI=1S/C64H72N3O.Pt/c1-39(2)44-35-53(40(3)4)59(68)54(36-44)60-66-58-52(18-17-19-56(58)67(60)57-38-49(63(11,12)13)28-29-51(57)42-22-26-48(27-23-42)62(8,9)10)45-32-46(34-50(33-45)64(14,15)16)55-37-43(30-31-65-55)41-20-24-47(25-21-41)61(5,6)7;/h17-31,33-40,68H,1-16H3;/q-1;/i5D3,6D3,7D3;. The molecule has 360 valence electrons. The maximum absolute atomic E-state index is 12.5. The Balaban J connectivity index is 0.00000882. The quantitative estimate of drug-likeness (QED) is 0.154. The zero-order chi connectivity index (χ0) is 56.7. The number of hydrogen-bond donors (Lipinski definition) is 1. The van der Waals surface area contributed by atoms with Gasteiger partial charge in [-0.25, -0.2) is 4.98 Å². The summed E-state index contributed by atoms with van der Waals surface area (Å²) in [7, 11) is 0. The van der Waals surface area contributed by atoms with Crippen molar-refractivity contribution >= 4 is 11.0 Å². The van der Waals surface area contributed by atoms with Crippen LogP contribution in [0.4, 0.5) is 0 Å². The first-order chi connectivity index (χ1) is 35.5. The van der Waals surface area contributed by atoms with E-state index in [1.54, 1.807) is 24.4 Å². The summed E-state index contributed by atoms with van der Waals surface area (Å²) < 4.78 is 76.3. The number of hydrogen-bond acceptors (Lipinski definition) is 3. The molecule has 0 amide bonds. The Hall–Kier alpha value is -5.57. The van der Waals surface area contributed by atoms with Gasteiger partial charge in [-0.15, -0.1) is 29.3 Å². The summed E-state index contributed by atoms with van der Waals surface area (Å²) in [6.45, 7) is 18.2. The molecule has 0 saturated heterocycles. The van der Waals surface area contributed by atoms with E-state index in [1.807, 2.05) is 12.1 Å². The van der Waals surface area contributed by atoms with Gasteiger partial charge < -0.3 is 5.11 Å². The van der Waals surface area contributed by atoms with Gasteiger partial charge in [-0.05, 0) is 102 Å². The molecule has 6 aromatic carbocycles. The van der Waals surface area contributed by atoms with Crippen molar-refractivity contribution in [1.82, 2.24) is 14.5 Å². The van der Waals surface area contributed by atoms with Gasteiger partial charge in [-0.2, -0.15) is 0 Å². The number of imidazole rings is 1. The van der Waals surface area contributed by atoms with Gasteiger partial charge in [0, 0.05) is 50.9 Å². The van der Waals surface area contributed by atoms with E-state index in [0.29, 0.717) is 33.8 Å². The Labute approximate surface area is 440 Å². The van der Waals surface area contributed by atoms with Crippen molar-refractivity contribution in [2.24, 2.45) is 0 Å². The number of rotatable bonds is 8. The van der Waals surface area contributed by atoms with Crippen molar-refractivity contribution in [1.29, 1.82) is 0 Å².